The van der Waals surface area contributed by atoms with Gasteiger partial charge in [-0.1, -0.05) is 0 Å². The van der Waals surface area contributed by atoms with Gasteiger partial charge in [0.05, 0.1) is 0 Å². The maximum Gasteiger partial charge on any atom is 0.343 e. The number of nitrogens with zero attached hydrogens (tertiary/aromatic N) is 7. The molecule has 2 aromatic heterocycles. The van der Waals surface area contributed by atoms with Crippen LogP contribution in [0.4, 0.5) is 11.9 Å². The molecule has 0 saturated heterocycles. The van der Waals surface area contributed by atoms with E-state index in [1.807, 2.05) is 18.7 Å². The Morgan fingerprint density at radius 3 is 2.50 bits per heavy atom. The first-order valence-electron chi connectivity index (χ1n) is 6.38. The van der Waals surface area contributed by atoms with E-state index in [0.717, 1.165) is 13.1 Å². The Bertz CT molecular complexity index is 565. The number of ether oxygens (including phenoxy) is 1. The third-order valence-corrected chi connectivity index (χ3v) is 2.63. The molecule has 0 fully saturated rings. The van der Waals surface area contributed by atoms with Crippen LogP contribution in [0.5, 0.6) is 12.0 Å². The third kappa shape index (κ3) is 3.11. The molecule has 0 atom stereocenters. The van der Waals surface area contributed by atoms with E-state index in [0.29, 0.717) is 11.9 Å². The zero-order valence-electron chi connectivity index (χ0n) is 12.0. The second-order valence-corrected chi connectivity index (χ2v) is 3.97. The first-order chi connectivity index (χ1) is 9.66. The molecule has 2 rings (SSSR count). The summed E-state index contributed by atoms with van der Waals surface area (Å²) in [5, 5.41) is 6.91. The van der Waals surface area contributed by atoms with Gasteiger partial charge in [0.25, 0.3) is 0 Å². The lowest BCUT2D eigenvalue weighted by molar-refractivity contribution is 0.403. The number of hydrogen-bond donors (Lipinski definition) is 1. The molecule has 9 nitrogen and oxygen atoms in total. The summed E-state index contributed by atoms with van der Waals surface area (Å²) in [5.74, 6) is 0.994. The van der Waals surface area contributed by atoms with Gasteiger partial charge in [-0.3, -0.25) is 4.68 Å². The highest BCUT2D eigenvalue weighted by Crippen LogP contribution is 2.18. The minimum absolute atomic E-state index is 0.164. The van der Waals surface area contributed by atoms with Crippen molar-refractivity contribution < 1.29 is 4.74 Å². The summed E-state index contributed by atoms with van der Waals surface area (Å²) in [6.07, 6.45) is 1.54. The van der Waals surface area contributed by atoms with Crippen LogP contribution in [0.3, 0.4) is 0 Å². The molecule has 0 saturated carbocycles. The maximum absolute atomic E-state index is 5.45. The average Bonchev–Trinajstić information content (AvgIpc) is 2.85. The van der Waals surface area contributed by atoms with Crippen molar-refractivity contribution in [3.63, 3.8) is 0 Å². The van der Waals surface area contributed by atoms with Crippen molar-refractivity contribution in [1.29, 1.82) is 0 Å². The van der Waals surface area contributed by atoms with Gasteiger partial charge in [0.15, 0.2) is 0 Å². The lowest BCUT2D eigenvalue weighted by Gasteiger charge is -2.18. The van der Waals surface area contributed by atoms with E-state index in [1.54, 1.807) is 25.1 Å². The molecule has 0 aliphatic rings. The van der Waals surface area contributed by atoms with Crippen LogP contribution in [-0.4, -0.2) is 49.9 Å². The van der Waals surface area contributed by atoms with Crippen LogP contribution in [0, 0.1) is 0 Å². The Balaban J connectivity index is 2.29. The van der Waals surface area contributed by atoms with Gasteiger partial charge in [0, 0.05) is 27.2 Å². The van der Waals surface area contributed by atoms with Gasteiger partial charge in [-0.15, -0.1) is 5.10 Å². The molecule has 0 radical (unpaired) electrons. The number of nitrogens with one attached hydrogen (secondary N) is 1. The lowest BCUT2D eigenvalue weighted by Crippen LogP contribution is -2.25. The van der Waals surface area contributed by atoms with E-state index in [2.05, 4.69) is 30.4 Å². The van der Waals surface area contributed by atoms with Crippen LogP contribution < -0.4 is 15.0 Å². The minimum atomic E-state index is 0.164. The molecule has 0 amide bonds. The highest BCUT2D eigenvalue weighted by molar-refractivity contribution is 5.38. The van der Waals surface area contributed by atoms with Crippen molar-refractivity contribution in [3.8, 4) is 12.0 Å². The van der Waals surface area contributed by atoms with E-state index < -0.39 is 0 Å². The van der Waals surface area contributed by atoms with Crippen LogP contribution in [-0.2, 0) is 7.05 Å². The fraction of sp³-hybridized carbons (Fsp3) is 0.545. The van der Waals surface area contributed by atoms with Gasteiger partial charge in [-0.05, 0) is 13.8 Å². The van der Waals surface area contributed by atoms with Gasteiger partial charge in [-0.25, -0.2) is 0 Å². The van der Waals surface area contributed by atoms with E-state index >= 15 is 0 Å². The second kappa shape index (κ2) is 6.13. The molecule has 0 bridgehead atoms. The van der Waals surface area contributed by atoms with E-state index in [-0.39, 0.29) is 12.0 Å². The molecule has 20 heavy (non-hydrogen) atoms. The molecule has 108 valence electrons. The number of anilines is 2. The number of hydrogen-bond acceptors (Lipinski definition) is 8. The normalized spacial score (nSPS) is 10.4. The van der Waals surface area contributed by atoms with Gasteiger partial charge in [0.2, 0.25) is 11.9 Å². The summed E-state index contributed by atoms with van der Waals surface area (Å²) < 4.78 is 6.99. The summed E-state index contributed by atoms with van der Waals surface area (Å²) in [6, 6.07) is 0.365. The summed E-state index contributed by atoms with van der Waals surface area (Å²) in [5.41, 5.74) is 0. The second-order valence-electron chi connectivity index (χ2n) is 3.97. The average molecular weight is 278 g/mol. The summed E-state index contributed by atoms with van der Waals surface area (Å²) in [4.78, 5) is 18.7. The molecule has 0 aromatic carbocycles. The van der Waals surface area contributed by atoms with Crippen molar-refractivity contribution in [1.82, 2.24) is 29.7 Å². The predicted octanol–water partition coefficient (Wildman–Crippen LogP) is 0.680. The molecule has 9 heteroatoms. The molecule has 2 aromatic rings. The zero-order valence-corrected chi connectivity index (χ0v) is 12.0. The fourth-order valence-corrected chi connectivity index (χ4v) is 1.60. The van der Waals surface area contributed by atoms with Crippen molar-refractivity contribution in [2.24, 2.45) is 7.05 Å². The highest BCUT2D eigenvalue weighted by Gasteiger charge is 2.13. The van der Waals surface area contributed by atoms with Crippen molar-refractivity contribution in [3.05, 3.63) is 6.33 Å². The molecule has 0 spiro atoms. The topological polar surface area (TPSA) is 93.9 Å². The van der Waals surface area contributed by atoms with E-state index in [1.165, 1.54) is 0 Å². The Labute approximate surface area is 117 Å². The van der Waals surface area contributed by atoms with Crippen LogP contribution in [0.1, 0.15) is 13.8 Å². The predicted molar refractivity (Wildman–Crippen MR) is 74.0 cm³/mol. The molecule has 0 aliphatic heterocycles. The molecular weight excluding hydrogens is 260 g/mol. The van der Waals surface area contributed by atoms with Crippen LogP contribution >= 0.6 is 0 Å². The minimum Gasteiger partial charge on any atom is -0.387 e. The molecule has 1 N–H and O–H groups in total. The van der Waals surface area contributed by atoms with Crippen LogP contribution in [0.15, 0.2) is 6.33 Å². The number of rotatable bonds is 6. The SMILES string of the molecule is CCN(CC)c1nc(NC)nc(Oc2ncn(C)n2)n1. The summed E-state index contributed by atoms with van der Waals surface area (Å²) in [7, 11) is 3.50. The maximum atomic E-state index is 5.45. The summed E-state index contributed by atoms with van der Waals surface area (Å²) >= 11 is 0. The lowest BCUT2D eigenvalue weighted by atomic mass is 10.5. The molecule has 0 unspecified atom stereocenters. The van der Waals surface area contributed by atoms with Gasteiger partial charge >= 0.3 is 12.0 Å². The van der Waals surface area contributed by atoms with Gasteiger partial charge in [-0.2, -0.15) is 19.9 Å². The van der Waals surface area contributed by atoms with E-state index in [9.17, 15) is 0 Å². The quantitative estimate of drug-likeness (QED) is 0.824. The van der Waals surface area contributed by atoms with Crippen molar-refractivity contribution in [2.75, 3.05) is 30.4 Å². The third-order valence-electron chi connectivity index (χ3n) is 2.63. The largest absolute Gasteiger partial charge is 0.387 e. The highest BCUT2D eigenvalue weighted by atomic mass is 16.5. The first kappa shape index (κ1) is 14.0. The van der Waals surface area contributed by atoms with Gasteiger partial charge in [0.1, 0.15) is 6.33 Å². The van der Waals surface area contributed by atoms with Crippen molar-refractivity contribution in [2.45, 2.75) is 13.8 Å². The smallest absolute Gasteiger partial charge is 0.343 e. The Morgan fingerprint density at radius 1 is 1.20 bits per heavy atom. The summed E-state index contributed by atoms with van der Waals surface area (Å²) in [6.45, 7) is 5.66. The molecule has 2 heterocycles. The standard InChI is InChI=1S/C11H18N8O/c1-5-19(6-2)9-14-8(12-3)15-11(16-9)20-10-13-7-18(4)17-10/h7H,5-6H2,1-4H3,(H,12,14,15,16). The zero-order chi connectivity index (χ0) is 14.5. The first-order valence-corrected chi connectivity index (χ1v) is 6.38. The van der Waals surface area contributed by atoms with E-state index in [4.69, 9.17) is 4.74 Å². The Morgan fingerprint density at radius 2 is 1.95 bits per heavy atom. The van der Waals surface area contributed by atoms with Gasteiger partial charge < -0.3 is 15.0 Å². The number of aryl methyl sites for hydroxylation is 1. The number of aromatic nitrogens is 6. The van der Waals surface area contributed by atoms with Crippen LogP contribution in [0.2, 0.25) is 0 Å². The monoisotopic (exact) mass is 278 g/mol. The Kier molecular flexibility index (Phi) is 4.28. The fourth-order valence-electron chi connectivity index (χ4n) is 1.60. The van der Waals surface area contributed by atoms with Crippen molar-refractivity contribution >= 4 is 11.9 Å². The molecular formula is C11H18N8O. The molecule has 0 aliphatic carbocycles. The Hall–Kier alpha value is -2.45. The van der Waals surface area contributed by atoms with Crippen LogP contribution in [0.25, 0.3) is 0 Å².